The third kappa shape index (κ3) is 2.83. The highest BCUT2D eigenvalue weighted by Crippen LogP contribution is 2.09. The molecule has 16 heavy (non-hydrogen) atoms. The summed E-state index contributed by atoms with van der Waals surface area (Å²) in [5.74, 6) is 0.0322. The van der Waals surface area contributed by atoms with E-state index in [4.69, 9.17) is 5.26 Å². The minimum atomic E-state index is 0.0322. The van der Waals surface area contributed by atoms with Crippen molar-refractivity contribution in [3.05, 3.63) is 35.4 Å². The van der Waals surface area contributed by atoms with Crippen molar-refractivity contribution in [1.29, 1.82) is 5.26 Å². The summed E-state index contributed by atoms with van der Waals surface area (Å²) in [6.07, 6.45) is 0.347. The molecule has 0 aliphatic rings. The molecule has 0 N–H and O–H groups in total. The number of carbonyl (C=O) groups is 1. The van der Waals surface area contributed by atoms with E-state index in [1.165, 1.54) is 0 Å². The summed E-state index contributed by atoms with van der Waals surface area (Å²) in [7, 11) is 0. The van der Waals surface area contributed by atoms with Crippen molar-refractivity contribution in [3.63, 3.8) is 0 Å². The quantitative estimate of drug-likeness (QED) is 0.774. The Balaban J connectivity index is 2.91. The first-order valence-electron chi connectivity index (χ1n) is 5.48. The van der Waals surface area contributed by atoms with E-state index in [0.29, 0.717) is 25.1 Å². The van der Waals surface area contributed by atoms with Gasteiger partial charge >= 0.3 is 0 Å². The first-order chi connectivity index (χ1) is 7.72. The van der Waals surface area contributed by atoms with E-state index in [9.17, 15) is 4.79 Å². The molecule has 0 saturated carbocycles. The molecule has 0 spiro atoms. The molecule has 0 radical (unpaired) electrons. The van der Waals surface area contributed by atoms with Gasteiger partial charge in [-0.05, 0) is 31.5 Å². The zero-order valence-electron chi connectivity index (χ0n) is 9.73. The second-order valence-electron chi connectivity index (χ2n) is 3.51. The Hall–Kier alpha value is -1.82. The van der Waals surface area contributed by atoms with E-state index in [-0.39, 0.29) is 5.91 Å². The van der Waals surface area contributed by atoms with Crippen molar-refractivity contribution >= 4 is 5.91 Å². The van der Waals surface area contributed by atoms with Crippen LogP contribution in [0.3, 0.4) is 0 Å². The molecule has 1 aromatic rings. The van der Waals surface area contributed by atoms with Crippen molar-refractivity contribution in [2.24, 2.45) is 0 Å². The average molecular weight is 216 g/mol. The molecule has 1 rings (SSSR count). The van der Waals surface area contributed by atoms with Crippen molar-refractivity contribution < 1.29 is 4.79 Å². The van der Waals surface area contributed by atoms with E-state index in [1.54, 1.807) is 17.0 Å². The van der Waals surface area contributed by atoms with Crippen molar-refractivity contribution in [1.82, 2.24) is 4.90 Å². The lowest BCUT2D eigenvalue weighted by Gasteiger charge is -2.18. The topological polar surface area (TPSA) is 44.1 Å². The molecule has 0 heterocycles. The van der Waals surface area contributed by atoms with Crippen LogP contribution in [0.15, 0.2) is 24.3 Å². The van der Waals surface area contributed by atoms with Gasteiger partial charge in [-0.3, -0.25) is 4.79 Å². The Morgan fingerprint density at radius 2 is 2.06 bits per heavy atom. The second-order valence-corrected chi connectivity index (χ2v) is 3.51. The minimum Gasteiger partial charge on any atom is -0.339 e. The summed E-state index contributed by atoms with van der Waals surface area (Å²) in [5, 5.41) is 8.61. The van der Waals surface area contributed by atoms with Gasteiger partial charge in [0.1, 0.15) is 0 Å². The van der Waals surface area contributed by atoms with Gasteiger partial charge in [-0.2, -0.15) is 5.26 Å². The summed E-state index contributed by atoms with van der Waals surface area (Å²) in [6, 6.07) is 9.36. The molecule has 0 aliphatic carbocycles. The number of carbonyl (C=O) groups excluding carboxylic acids is 1. The maximum Gasteiger partial charge on any atom is 0.253 e. The number of benzene rings is 1. The summed E-state index contributed by atoms with van der Waals surface area (Å²) in [5.41, 5.74) is 1.55. The predicted octanol–water partition coefficient (Wildman–Crippen LogP) is 2.23. The normalized spacial score (nSPS) is 9.56. The van der Waals surface area contributed by atoms with Crippen molar-refractivity contribution in [2.45, 2.75) is 20.3 Å². The zero-order chi connectivity index (χ0) is 12.0. The van der Waals surface area contributed by atoms with Crippen LogP contribution in [-0.4, -0.2) is 23.9 Å². The Kier molecular flexibility index (Phi) is 4.53. The maximum absolute atomic E-state index is 12.0. The minimum absolute atomic E-state index is 0.0322. The molecular weight excluding hydrogens is 200 g/mol. The summed E-state index contributed by atoms with van der Waals surface area (Å²) < 4.78 is 0. The fourth-order valence-corrected chi connectivity index (χ4v) is 1.60. The number of rotatable bonds is 4. The van der Waals surface area contributed by atoms with E-state index >= 15 is 0 Å². The molecule has 84 valence electrons. The Morgan fingerprint density at radius 1 is 1.38 bits per heavy atom. The Morgan fingerprint density at radius 3 is 2.62 bits per heavy atom. The lowest BCUT2D eigenvalue weighted by molar-refractivity contribution is 0.0773. The van der Waals surface area contributed by atoms with Crippen LogP contribution < -0.4 is 0 Å². The lowest BCUT2D eigenvalue weighted by Crippen LogP contribution is -2.30. The Bertz CT molecular complexity index is 403. The highest BCUT2D eigenvalue weighted by molar-refractivity contribution is 5.94. The first-order valence-corrected chi connectivity index (χ1v) is 5.48. The molecule has 0 bridgehead atoms. The molecule has 0 fully saturated rings. The molecule has 1 amide bonds. The number of nitrogens with zero attached hydrogens (tertiary/aromatic N) is 2. The molecule has 3 heteroatoms. The van der Waals surface area contributed by atoms with Crippen molar-refractivity contribution in [2.75, 3.05) is 13.1 Å². The standard InChI is InChI=1S/C13H16N2O/c1-3-15(4-2)13(16)12-7-5-6-11(10-12)8-9-14/h5-7,10H,3-4,8H2,1-2H3. The van der Waals surface area contributed by atoms with Gasteiger partial charge in [-0.1, -0.05) is 12.1 Å². The summed E-state index contributed by atoms with van der Waals surface area (Å²) >= 11 is 0. The van der Waals surface area contributed by atoms with Crippen LogP contribution in [0.4, 0.5) is 0 Å². The molecular formula is C13H16N2O. The molecule has 1 aromatic carbocycles. The molecule has 0 atom stereocenters. The highest BCUT2D eigenvalue weighted by atomic mass is 16.2. The van der Waals surface area contributed by atoms with Crippen LogP contribution in [-0.2, 0) is 6.42 Å². The molecule has 0 unspecified atom stereocenters. The van der Waals surface area contributed by atoms with Crippen LogP contribution >= 0.6 is 0 Å². The monoisotopic (exact) mass is 216 g/mol. The molecule has 3 nitrogen and oxygen atoms in total. The van der Waals surface area contributed by atoms with Crippen LogP contribution in [0.5, 0.6) is 0 Å². The van der Waals surface area contributed by atoms with E-state index in [0.717, 1.165) is 5.56 Å². The first kappa shape index (κ1) is 12.3. The predicted molar refractivity (Wildman–Crippen MR) is 63.0 cm³/mol. The van der Waals surface area contributed by atoms with E-state index in [2.05, 4.69) is 6.07 Å². The van der Waals surface area contributed by atoms with Gasteiger partial charge in [0.05, 0.1) is 12.5 Å². The smallest absolute Gasteiger partial charge is 0.253 e. The summed E-state index contributed by atoms with van der Waals surface area (Å²) in [6.45, 7) is 5.33. The molecule has 0 saturated heterocycles. The Labute approximate surface area is 96.3 Å². The molecule has 0 aromatic heterocycles. The zero-order valence-corrected chi connectivity index (χ0v) is 9.73. The van der Waals surface area contributed by atoms with Gasteiger partial charge in [-0.15, -0.1) is 0 Å². The average Bonchev–Trinajstić information content (AvgIpc) is 2.31. The van der Waals surface area contributed by atoms with Crippen LogP contribution in [0, 0.1) is 11.3 Å². The number of amides is 1. The summed E-state index contributed by atoms with van der Waals surface area (Å²) in [4.78, 5) is 13.8. The number of hydrogen-bond donors (Lipinski definition) is 0. The lowest BCUT2D eigenvalue weighted by atomic mass is 10.1. The van der Waals surface area contributed by atoms with Crippen LogP contribution in [0.1, 0.15) is 29.8 Å². The molecule has 0 aliphatic heterocycles. The van der Waals surface area contributed by atoms with Gasteiger partial charge in [0.2, 0.25) is 0 Å². The number of hydrogen-bond acceptors (Lipinski definition) is 2. The SMILES string of the molecule is CCN(CC)C(=O)c1cccc(CC#N)c1. The number of nitriles is 1. The van der Waals surface area contributed by atoms with Crippen LogP contribution in [0.25, 0.3) is 0 Å². The van der Waals surface area contributed by atoms with Gasteiger partial charge < -0.3 is 4.90 Å². The maximum atomic E-state index is 12.0. The van der Waals surface area contributed by atoms with E-state index < -0.39 is 0 Å². The van der Waals surface area contributed by atoms with E-state index in [1.807, 2.05) is 26.0 Å². The van der Waals surface area contributed by atoms with Gasteiger partial charge in [0.25, 0.3) is 5.91 Å². The van der Waals surface area contributed by atoms with Gasteiger partial charge in [0, 0.05) is 18.7 Å². The van der Waals surface area contributed by atoms with Crippen molar-refractivity contribution in [3.8, 4) is 6.07 Å². The van der Waals surface area contributed by atoms with Gasteiger partial charge in [-0.25, -0.2) is 0 Å². The fraction of sp³-hybridized carbons (Fsp3) is 0.385. The third-order valence-corrected chi connectivity index (χ3v) is 2.51. The fourth-order valence-electron chi connectivity index (χ4n) is 1.60. The highest BCUT2D eigenvalue weighted by Gasteiger charge is 2.12. The van der Waals surface area contributed by atoms with Gasteiger partial charge in [0.15, 0.2) is 0 Å². The van der Waals surface area contributed by atoms with Crippen LogP contribution in [0.2, 0.25) is 0 Å². The second kappa shape index (κ2) is 5.92. The largest absolute Gasteiger partial charge is 0.339 e. The third-order valence-electron chi connectivity index (χ3n) is 2.51.